The first-order valence-corrected chi connectivity index (χ1v) is 5.20. The van der Waals surface area contributed by atoms with Crippen molar-refractivity contribution < 1.29 is 9.66 Å². The Morgan fingerprint density at radius 2 is 2.22 bits per heavy atom. The number of anilines is 2. The Morgan fingerprint density at radius 1 is 1.39 bits per heavy atom. The Balaban J connectivity index is 2.31. The highest BCUT2D eigenvalue weighted by atomic mass is 16.6. The maximum Gasteiger partial charge on any atom is 0.310 e. The van der Waals surface area contributed by atoms with Crippen LogP contribution in [0, 0.1) is 10.1 Å². The largest absolute Gasteiger partial charge is 0.497 e. The molecule has 1 heterocycles. The van der Waals surface area contributed by atoms with Crippen LogP contribution in [-0.2, 0) is 0 Å². The van der Waals surface area contributed by atoms with Gasteiger partial charge in [0, 0.05) is 18.0 Å². The standard InChI is InChI=1S/C12H11N3O3/c1-18-10-4-2-3-9(7-10)14-11-5-6-13-8-12(11)15(16)17/h2-8H,1H3,(H,13,14). The molecular weight excluding hydrogens is 234 g/mol. The number of ether oxygens (including phenoxy) is 1. The van der Waals surface area contributed by atoms with Gasteiger partial charge in [-0.2, -0.15) is 0 Å². The van der Waals surface area contributed by atoms with Crippen LogP contribution in [0.2, 0.25) is 0 Å². The number of nitrogens with zero attached hydrogens (tertiary/aromatic N) is 2. The molecule has 0 aliphatic heterocycles. The first-order valence-electron chi connectivity index (χ1n) is 5.20. The van der Waals surface area contributed by atoms with E-state index in [0.29, 0.717) is 17.1 Å². The smallest absolute Gasteiger partial charge is 0.310 e. The molecule has 0 saturated heterocycles. The second-order valence-electron chi connectivity index (χ2n) is 3.51. The van der Waals surface area contributed by atoms with Gasteiger partial charge < -0.3 is 10.1 Å². The average Bonchev–Trinajstić information content (AvgIpc) is 2.39. The molecule has 0 aliphatic rings. The number of benzene rings is 1. The maximum absolute atomic E-state index is 10.8. The van der Waals surface area contributed by atoms with E-state index in [1.807, 2.05) is 0 Å². The lowest BCUT2D eigenvalue weighted by atomic mass is 10.2. The molecule has 92 valence electrons. The highest BCUT2D eigenvalue weighted by Gasteiger charge is 2.13. The Bertz CT molecular complexity index is 572. The summed E-state index contributed by atoms with van der Waals surface area (Å²) in [6, 6.07) is 8.70. The van der Waals surface area contributed by atoms with Crippen LogP contribution >= 0.6 is 0 Å². The highest BCUT2D eigenvalue weighted by Crippen LogP contribution is 2.27. The number of aromatic nitrogens is 1. The van der Waals surface area contributed by atoms with Gasteiger partial charge in [0.2, 0.25) is 0 Å². The molecule has 6 nitrogen and oxygen atoms in total. The normalized spacial score (nSPS) is 9.83. The molecule has 0 spiro atoms. The zero-order valence-electron chi connectivity index (χ0n) is 9.66. The number of pyridine rings is 1. The second-order valence-corrected chi connectivity index (χ2v) is 3.51. The number of nitrogens with one attached hydrogen (secondary N) is 1. The zero-order chi connectivity index (χ0) is 13.0. The van der Waals surface area contributed by atoms with Crippen molar-refractivity contribution in [1.29, 1.82) is 0 Å². The molecule has 0 atom stereocenters. The predicted octanol–water partition coefficient (Wildman–Crippen LogP) is 2.74. The zero-order valence-corrected chi connectivity index (χ0v) is 9.66. The Morgan fingerprint density at radius 3 is 2.94 bits per heavy atom. The summed E-state index contributed by atoms with van der Waals surface area (Å²) in [5.41, 5.74) is 1.03. The van der Waals surface area contributed by atoms with Crippen molar-refractivity contribution in [2.75, 3.05) is 12.4 Å². The topological polar surface area (TPSA) is 77.3 Å². The summed E-state index contributed by atoms with van der Waals surface area (Å²) in [4.78, 5) is 14.1. The summed E-state index contributed by atoms with van der Waals surface area (Å²) in [6.45, 7) is 0. The lowest BCUT2D eigenvalue weighted by molar-refractivity contribution is -0.384. The Hall–Kier alpha value is -2.63. The fourth-order valence-electron chi connectivity index (χ4n) is 1.49. The van der Waals surface area contributed by atoms with Crippen LogP contribution in [0.25, 0.3) is 0 Å². The van der Waals surface area contributed by atoms with Gasteiger partial charge in [-0.25, -0.2) is 0 Å². The first kappa shape index (κ1) is 11.8. The van der Waals surface area contributed by atoms with Gasteiger partial charge in [0.05, 0.1) is 12.0 Å². The van der Waals surface area contributed by atoms with E-state index < -0.39 is 4.92 Å². The third kappa shape index (κ3) is 2.54. The first-order chi connectivity index (χ1) is 8.70. The Kier molecular flexibility index (Phi) is 3.38. The molecule has 0 amide bonds. The summed E-state index contributed by atoms with van der Waals surface area (Å²) < 4.78 is 5.08. The van der Waals surface area contributed by atoms with Crippen LogP contribution in [0.4, 0.5) is 17.1 Å². The van der Waals surface area contributed by atoms with Crippen molar-refractivity contribution in [2.24, 2.45) is 0 Å². The van der Waals surface area contributed by atoms with Crippen molar-refractivity contribution in [1.82, 2.24) is 4.98 Å². The molecule has 1 N–H and O–H groups in total. The monoisotopic (exact) mass is 245 g/mol. The van der Waals surface area contributed by atoms with Gasteiger partial charge >= 0.3 is 5.69 Å². The van der Waals surface area contributed by atoms with Gasteiger partial charge in [-0.15, -0.1) is 0 Å². The minimum Gasteiger partial charge on any atom is -0.497 e. The quantitative estimate of drug-likeness (QED) is 0.662. The van der Waals surface area contributed by atoms with Gasteiger partial charge in [-0.1, -0.05) is 6.07 Å². The van der Waals surface area contributed by atoms with Crippen molar-refractivity contribution >= 4 is 17.1 Å². The number of methoxy groups -OCH3 is 1. The summed E-state index contributed by atoms with van der Waals surface area (Å²) in [7, 11) is 1.56. The van der Waals surface area contributed by atoms with Crippen LogP contribution in [0.15, 0.2) is 42.7 Å². The van der Waals surface area contributed by atoms with Gasteiger partial charge in [-0.05, 0) is 18.2 Å². The molecule has 1 aromatic carbocycles. The van der Waals surface area contributed by atoms with Crippen LogP contribution in [0.3, 0.4) is 0 Å². The van der Waals surface area contributed by atoms with E-state index in [1.54, 1.807) is 37.4 Å². The van der Waals surface area contributed by atoms with Gasteiger partial charge in [0.15, 0.2) is 0 Å². The summed E-state index contributed by atoms with van der Waals surface area (Å²) in [6.07, 6.45) is 2.71. The van der Waals surface area contributed by atoms with Gasteiger partial charge in [0.1, 0.15) is 17.6 Å². The molecule has 0 unspecified atom stereocenters. The van der Waals surface area contributed by atoms with Crippen molar-refractivity contribution in [3.8, 4) is 5.75 Å². The number of nitro groups is 1. The van der Waals surface area contributed by atoms with Gasteiger partial charge in [0.25, 0.3) is 0 Å². The molecule has 0 fully saturated rings. The molecule has 0 radical (unpaired) electrons. The fourth-order valence-corrected chi connectivity index (χ4v) is 1.49. The molecule has 2 aromatic rings. The molecule has 2 rings (SSSR count). The summed E-state index contributed by atoms with van der Waals surface area (Å²) in [5.74, 6) is 0.678. The lowest BCUT2D eigenvalue weighted by Gasteiger charge is -2.07. The van der Waals surface area contributed by atoms with E-state index in [2.05, 4.69) is 10.3 Å². The van der Waals surface area contributed by atoms with Gasteiger partial charge in [-0.3, -0.25) is 15.1 Å². The SMILES string of the molecule is COc1cccc(Nc2ccncc2[N+](=O)[O-])c1. The van der Waals surface area contributed by atoms with E-state index in [0.717, 1.165) is 0 Å². The molecular formula is C12H11N3O3. The third-order valence-electron chi connectivity index (χ3n) is 2.35. The molecule has 0 saturated carbocycles. The fraction of sp³-hybridized carbons (Fsp3) is 0.0833. The van der Waals surface area contributed by atoms with E-state index in [1.165, 1.54) is 12.4 Å². The second kappa shape index (κ2) is 5.13. The van der Waals surface area contributed by atoms with E-state index in [9.17, 15) is 10.1 Å². The highest BCUT2D eigenvalue weighted by molar-refractivity contribution is 5.69. The van der Waals surface area contributed by atoms with Crippen LogP contribution < -0.4 is 10.1 Å². The number of hydrogen-bond donors (Lipinski definition) is 1. The lowest BCUT2D eigenvalue weighted by Crippen LogP contribution is -1.97. The maximum atomic E-state index is 10.8. The number of rotatable bonds is 4. The van der Waals surface area contributed by atoms with E-state index in [4.69, 9.17) is 4.74 Å². The van der Waals surface area contributed by atoms with Crippen LogP contribution in [0.5, 0.6) is 5.75 Å². The molecule has 18 heavy (non-hydrogen) atoms. The van der Waals surface area contributed by atoms with Crippen LogP contribution in [0.1, 0.15) is 0 Å². The minimum absolute atomic E-state index is 0.0691. The van der Waals surface area contributed by atoms with Crippen molar-refractivity contribution in [3.63, 3.8) is 0 Å². The molecule has 0 bridgehead atoms. The third-order valence-corrected chi connectivity index (χ3v) is 2.35. The molecule has 0 aliphatic carbocycles. The average molecular weight is 245 g/mol. The van der Waals surface area contributed by atoms with E-state index >= 15 is 0 Å². The summed E-state index contributed by atoms with van der Waals surface area (Å²) >= 11 is 0. The predicted molar refractivity (Wildman–Crippen MR) is 67.2 cm³/mol. The molecule has 1 aromatic heterocycles. The van der Waals surface area contributed by atoms with E-state index in [-0.39, 0.29) is 5.69 Å². The Labute approximate surface area is 103 Å². The van der Waals surface area contributed by atoms with Crippen LogP contribution in [-0.4, -0.2) is 17.0 Å². The molecule has 6 heteroatoms. The number of hydrogen-bond acceptors (Lipinski definition) is 5. The van der Waals surface area contributed by atoms with Crippen molar-refractivity contribution in [2.45, 2.75) is 0 Å². The minimum atomic E-state index is -0.477. The summed E-state index contributed by atoms with van der Waals surface area (Å²) in [5, 5.41) is 13.8. The van der Waals surface area contributed by atoms with Crippen molar-refractivity contribution in [3.05, 3.63) is 52.8 Å².